The van der Waals surface area contributed by atoms with Crippen molar-refractivity contribution in [3.63, 3.8) is 0 Å². The van der Waals surface area contributed by atoms with Crippen molar-refractivity contribution in [2.24, 2.45) is 0 Å². The number of fused-ring (bicyclic) bond motifs is 2. The van der Waals surface area contributed by atoms with Crippen LogP contribution in [0.5, 0.6) is 0 Å². The summed E-state index contributed by atoms with van der Waals surface area (Å²) in [5.41, 5.74) is 3.34. The molecule has 1 spiro atoms. The van der Waals surface area contributed by atoms with Crippen molar-refractivity contribution >= 4 is 5.91 Å². The largest absolute Gasteiger partial charge is 0.387 e. The molecule has 6 nitrogen and oxygen atoms in total. The fraction of sp³-hybridized carbons (Fsp3) is 0.471. The Morgan fingerprint density at radius 2 is 2.17 bits per heavy atom. The third kappa shape index (κ3) is 2.53. The molecule has 2 aromatic rings. The Morgan fingerprint density at radius 1 is 1.39 bits per heavy atom. The molecule has 1 fully saturated rings. The molecule has 1 amide bonds. The van der Waals surface area contributed by atoms with E-state index in [1.807, 2.05) is 11.0 Å². The zero-order chi connectivity index (χ0) is 16.0. The van der Waals surface area contributed by atoms with Gasteiger partial charge in [0, 0.05) is 18.5 Å². The van der Waals surface area contributed by atoms with E-state index in [1.54, 1.807) is 13.1 Å². The number of amides is 1. The number of aliphatic hydroxyl groups is 1. The summed E-state index contributed by atoms with van der Waals surface area (Å²) in [5.74, 6) is 0.0489. The van der Waals surface area contributed by atoms with Crippen LogP contribution in [0.1, 0.15) is 42.7 Å². The Hall–Kier alpha value is -2.21. The number of aromatic nitrogens is 3. The van der Waals surface area contributed by atoms with Gasteiger partial charge in [-0.15, -0.1) is 5.10 Å². The van der Waals surface area contributed by atoms with E-state index in [0.717, 1.165) is 19.4 Å². The summed E-state index contributed by atoms with van der Waals surface area (Å²) in [6, 6.07) is 8.45. The highest BCUT2D eigenvalue weighted by molar-refractivity contribution is 5.76. The van der Waals surface area contributed by atoms with Gasteiger partial charge in [0.15, 0.2) is 0 Å². The van der Waals surface area contributed by atoms with Crippen LogP contribution in [0.15, 0.2) is 30.5 Å². The average molecular weight is 312 g/mol. The zero-order valence-corrected chi connectivity index (χ0v) is 13.1. The third-order valence-corrected chi connectivity index (χ3v) is 4.93. The van der Waals surface area contributed by atoms with E-state index >= 15 is 0 Å². The predicted molar refractivity (Wildman–Crippen MR) is 83.4 cm³/mol. The summed E-state index contributed by atoms with van der Waals surface area (Å²) in [5, 5.41) is 17.3. The van der Waals surface area contributed by atoms with Gasteiger partial charge in [-0.25, -0.2) is 4.68 Å². The number of aliphatic hydroxyl groups excluding tert-OH is 1. The number of rotatable bonds is 3. The summed E-state index contributed by atoms with van der Waals surface area (Å²) in [4.78, 5) is 14.6. The Labute approximate surface area is 134 Å². The molecule has 1 aliphatic heterocycles. The summed E-state index contributed by atoms with van der Waals surface area (Å²) in [6.45, 7) is 3.25. The first-order valence-corrected chi connectivity index (χ1v) is 8.02. The molecule has 1 unspecified atom stereocenters. The van der Waals surface area contributed by atoms with Crippen LogP contribution in [0.3, 0.4) is 0 Å². The molecule has 0 saturated heterocycles. The molecule has 2 aliphatic rings. The molecule has 1 saturated carbocycles. The number of benzene rings is 1. The molecule has 1 aliphatic carbocycles. The molecule has 4 rings (SSSR count). The van der Waals surface area contributed by atoms with Gasteiger partial charge in [0.25, 0.3) is 0 Å². The van der Waals surface area contributed by atoms with Crippen molar-refractivity contribution in [2.45, 2.75) is 44.4 Å². The summed E-state index contributed by atoms with van der Waals surface area (Å²) < 4.78 is 1.50. The minimum atomic E-state index is -0.671. The molecule has 1 atom stereocenters. The summed E-state index contributed by atoms with van der Waals surface area (Å²) in [7, 11) is 0. The first-order chi connectivity index (χ1) is 11.1. The normalized spacial score (nSPS) is 19.5. The molecule has 6 heteroatoms. The van der Waals surface area contributed by atoms with Crippen LogP contribution in [0, 0.1) is 0 Å². The van der Waals surface area contributed by atoms with Crippen LogP contribution in [0.25, 0.3) is 0 Å². The maximum Gasteiger partial charge on any atom is 0.244 e. The Morgan fingerprint density at radius 3 is 2.87 bits per heavy atom. The maximum atomic E-state index is 12.6. The minimum absolute atomic E-state index is 0.0489. The molecule has 1 aromatic carbocycles. The second-order valence-corrected chi connectivity index (χ2v) is 6.70. The first-order valence-electron chi connectivity index (χ1n) is 8.02. The standard InChI is InChI=1S/C17H20N4O2/c1-12(22)15-9-21(19-18-15)10-16(23)20-8-13-4-2-3-5-14(13)17(11-20)6-7-17/h2-5,9,12,22H,6-8,10-11H2,1H3. The predicted octanol–water partition coefficient (Wildman–Crippen LogP) is 1.41. The molecule has 1 N–H and O–H groups in total. The quantitative estimate of drug-likeness (QED) is 0.930. The van der Waals surface area contributed by atoms with Crippen LogP contribution in [0.2, 0.25) is 0 Å². The van der Waals surface area contributed by atoms with Gasteiger partial charge in [-0.2, -0.15) is 0 Å². The second kappa shape index (κ2) is 5.16. The summed E-state index contributed by atoms with van der Waals surface area (Å²) >= 11 is 0. The van der Waals surface area contributed by atoms with E-state index in [2.05, 4.69) is 28.5 Å². The van der Waals surface area contributed by atoms with Crippen molar-refractivity contribution in [3.05, 3.63) is 47.3 Å². The van der Waals surface area contributed by atoms with E-state index in [1.165, 1.54) is 15.8 Å². The van der Waals surface area contributed by atoms with Crippen LogP contribution in [-0.4, -0.2) is 37.5 Å². The topological polar surface area (TPSA) is 71.2 Å². The Kier molecular flexibility index (Phi) is 3.23. The number of carbonyl (C=O) groups is 1. The number of hydrogen-bond donors (Lipinski definition) is 1. The first kappa shape index (κ1) is 14.4. The number of nitrogens with zero attached hydrogens (tertiary/aromatic N) is 4. The Balaban J connectivity index is 1.51. The van der Waals surface area contributed by atoms with Gasteiger partial charge < -0.3 is 10.0 Å². The molecular formula is C17H20N4O2. The second-order valence-electron chi connectivity index (χ2n) is 6.70. The van der Waals surface area contributed by atoms with Gasteiger partial charge >= 0.3 is 0 Å². The highest BCUT2D eigenvalue weighted by atomic mass is 16.3. The van der Waals surface area contributed by atoms with E-state index < -0.39 is 6.10 Å². The van der Waals surface area contributed by atoms with Gasteiger partial charge in [-0.05, 0) is 30.9 Å². The van der Waals surface area contributed by atoms with Crippen molar-refractivity contribution in [1.82, 2.24) is 19.9 Å². The Bertz CT molecular complexity index is 749. The van der Waals surface area contributed by atoms with Crippen LogP contribution >= 0.6 is 0 Å². The van der Waals surface area contributed by atoms with Crippen molar-refractivity contribution < 1.29 is 9.90 Å². The maximum absolute atomic E-state index is 12.6. The molecule has 0 bridgehead atoms. The average Bonchev–Trinajstić information content (AvgIpc) is 3.14. The number of hydrogen-bond acceptors (Lipinski definition) is 4. The van der Waals surface area contributed by atoms with Gasteiger partial charge in [-0.1, -0.05) is 29.5 Å². The minimum Gasteiger partial charge on any atom is -0.387 e. The van der Waals surface area contributed by atoms with Crippen molar-refractivity contribution in [1.29, 1.82) is 0 Å². The molecule has 1 aromatic heterocycles. The van der Waals surface area contributed by atoms with E-state index in [4.69, 9.17) is 0 Å². The van der Waals surface area contributed by atoms with Gasteiger partial charge in [0.2, 0.25) is 5.91 Å². The fourth-order valence-corrected chi connectivity index (χ4v) is 3.46. The monoisotopic (exact) mass is 312 g/mol. The van der Waals surface area contributed by atoms with E-state index in [-0.39, 0.29) is 17.9 Å². The van der Waals surface area contributed by atoms with Crippen molar-refractivity contribution in [2.75, 3.05) is 6.54 Å². The third-order valence-electron chi connectivity index (χ3n) is 4.93. The van der Waals surface area contributed by atoms with Crippen LogP contribution in [-0.2, 0) is 23.3 Å². The van der Waals surface area contributed by atoms with E-state index in [9.17, 15) is 9.90 Å². The lowest BCUT2D eigenvalue weighted by molar-refractivity contribution is -0.133. The smallest absolute Gasteiger partial charge is 0.244 e. The van der Waals surface area contributed by atoms with Gasteiger partial charge in [0.05, 0.1) is 12.3 Å². The highest BCUT2D eigenvalue weighted by Crippen LogP contribution is 2.52. The summed E-state index contributed by atoms with van der Waals surface area (Å²) in [6.07, 6.45) is 3.27. The molecule has 2 heterocycles. The lowest BCUT2D eigenvalue weighted by Crippen LogP contribution is -2.43. The lowest BCUT2D eigenvalue weighted by Gasteiger charge is -2.35. The lowest BCUT2D eigenvalue weighted by atomic mass is 9.87. The fourth-order valence-electron chi connectivity index (χ4n) is 3.46. The molecular weight excluding hydrogens is 292 g/mol. The van der Waals surface area contributed by atoms with E-state index in [0.29, 0.717) is 12.2 Å². The zero-order valence-electron chi connectivity index (χ0n) is 13.1. The molecule has 0 radical (unpaired) electrons. The molecule has 120 valence electrons. The van der Waals surface area contributed by atoms with Crippen LogP contribution < -0.4 is 0 Å². The van der Waals surface area contributed by atoms with Gasteiger partial charge in [-0.3, -0.25) is 4.79 Å². The van der Waals surface area contributed by atoms with Gasteiger partial charge in [0.1, 0.15) is 12.2 Å². The van der Waals surface area contributed by atoms with Crippen molar-refractivity contribution in [3.8, 4) is 0 Å². The van der Waals surface area contributed by atoms with Crippen LogP contribution in [0.4, 0.5) is 0 Å². The molecule has 23 heavy (non-hydrogen) atoms. The SMILES string of the molecule is CC(O)c1cn(CC(=O)N2Cc3ccccc3C3(CC3)C2)nn1. The number of carbonyl (C=O) groups excluding carboxylic acids is 1. The highest BCUT2D eigenvalue weighted by Gasteiger charge is 2.49.